The Labute approximate surface area is 124 Å². The molecule has 2 rings (SSSR count). The third-order valence-corrected chi connectivity index (χ3v) is 4.39. The molecule has 0 aliphatic rings. The summed E-state index contributed by atoms with van der Waals surface area (Å²) in [6, 6.07) is 16.5. The summed E-state index contributed by atoms with van der Waals surface area (Å²) in [7, 11) is 0. The van der Waals surface area contributed by atoms with E-state index in [0.29, 0.717) is 0 Å². The summed E-state index contributed by atoms with van der Waals surface area (Å²) in [6.45, 7) is 2.16. The van der Waals surface area contributed by atoms with Gasteiger partial charge in [-0.1, -0.05) is 48.9 Å². The van der Waals surface area contributed by atoms with Crippen LogP contribution in [-0.4, -0.2) is 5.75 Å². The highest BCUT2D eigenvalue weighted by Gasteiger charge is 2.06. The summed E-state index contributed by atoms with van der Waals surface area (Å²) >= 11 is 7.70. The van der Waals surface area contributed by atoms with Gasteiger partial charge in [-0.25, -0.2) is 0 Å². The summed E-state index contributed by atoms with van der Waals surface area (Å²) in [5.74, 6) is 0.853. The Balaban J connectivity index is 1.95. The van der Waals surface area contributed by atoms with Crippen LogP contribution in [0.1, 0.15) is 24.1 Å². The molecule has 0 radical (unpaired) electrons. The zero-order chi connectivity index (χ0) is 13.7. The Morgan fingerprint density at radius 1 is 1.16 bits per heavy atom. The van der Waals surface area contributed by atoms with Gasteiger partial charge in [-0.15, -0.1) is 11.8 Å². The zero-order valence-corrected chi connectivity index (χ0v) is 12.5. The second kappa shape index (κ2) is 6.99. The molecule has 0 saturated carbocycles. The molecule has 1 atom stereocenters. The van der Waals surface area contributed by atoms with Crippen LogP contribution in [0.3, 0.4) is 0 Å². The molecule has 0 aliphatic heterocycles. The molecule has 0 aromatic heterocycles. The van der Waals surface area contributed by atoms with E-state index in [1.165, 1.54) is 11.1 Å². The Hall–Kier alpha value is -0.960. The number of aryl methyl sites for hydroxylation is 1. The van der Waals surface area contributed by atoms with Gasteiger partial charge in [0, 0.05) is 21.7 Å². The van der Waals surface area contributed by atoms with E-state index in [9.17, 15) is 0 Å². The van der Waals surface area contributed by atoms with E-state index < -0.39 is 0 Å². The Morgan fingerprint density at radius 3 is 2.53 bits per heavy atom. The number of hydrogen-bond donors (Lipinski definition) is 1. The average molecular weight is 292 g/mol. The molecule has 0 saturated heterocycles. The fourth-order valence-electron chi connectivity index (χ4n) is 1.84. The first-order valence-corrected chi connectivity index (χ1v) is 7.78. The molecule has 3 heteroatoms. The largest absolute Gasteiger partial charge is 0.323 e. The first-order valence-electron chi connectivity index (χ1n) is 6.42. The van der Waals surface area contributed by atoms with Gasteiger partial charge in [0.2, 0.25) is 0 Å². The maximum atomic E-state index is 6.22. The molecule has 1 nitrogen and oxygen atoms in total. The fourth-order valence-corrected chi connectivity index (χ4v) is 3.04. The monoisotopic (exact) mass is 291 g/mol. The highest BCUT2D eigenvalue weighted by Crippen LogP contribution is 2.25. The molecule has 0 bridgehead atoms. The molecule has 19 heavy (non-hydrogen) atoms. The number of rotatable bonds is 5. The first-order chi connectivity index (χ1) is 9.19. The SMILES string of the molecule is CCc1ccc(C(N)CSc2cccc(Cl)c2)cc1. The molecule has 0 heterocycles. The molecule has 2 N–H and O–H groups in total. The van der Waals surface area contributed by atoms with Gasteiger partial charge in [0.05, 0.1) is 0 Å². The van der Waals surface area contributed by atoms with Gasteiger partial charge < -0.3 is 5.73 Å². The van der Waals surface area contributed by atoms with Gasteiger partial charge >= 0.3 is 0 Å². The number of thioether (sulfide) groups is 1. The lowest BCUT2D eigenvalue weighted by Crippen LogP contribution is -2.12. The van der Waals surface area contributed by atoms with Crippen molar-refractivity contribution in [2.75, 3.05) is 5.75 Å². The van der Waals surface area contributed by atoms with E-state index in [2.05, 4.69) is 37.3 Å². The molecule has 1 unspecified atom stereocenters. The lowest BCUT2D eigenvalue weighted by molar-refractivity contribution is 0.830. The fraction of sp³-hybridized carbons (Fsp3) is 0.250. The third-order valence-electron chi connectivity index (χ3n) is 3.04. The Morgan fingerprint density at radius 2 is 1.89 bits per heavy atom. The molecular formula is C16H18ClNS. The smallest absolute Gasteiger partial charge is 0.0417 e. The molecule has 2 aromatic rings. The van der Waals surface area contributed by atoms with Crippen LogP contribution in [-0.2, 0) is 6.42 Å². The summed E-state index contributed by atoms with van der Waals surface area (Å²) in [6.07, 6.45) is 1.06. The van der Waals surface area contributed by atoms with Crippen molar-refractivity contribution < 1.29 is 0 Å². The molecule has 0 spiro atoms. The van der Waals surface area contributed by atoms with E-state index in [-0.39, 0.29) is 6.04 Å². The standard InChI is InChI=1S/C16H18ClNS/c1-2-12-6-8-13(9-7-12)16(18)11-19-15-5-3-4-14(17)10-15/h3-10,16H,2,11,18H2,1H3. The molecular weight excluding hydrogens is 274 g/mol. The number of benzene rings is 2. The highest BCUT2D eigenvalue weighted by atomic mass is 35.5. The van der Waals surface area contributed by atoms with Crippen LogP contribution >= 0.6 is 23.4 Å². The minimum Gasteiger partial charge on any atom is -0.323 e. The lowest BCUT2D eigenvalue weighted by atomic mass is 10.1. The van der Waals surface area contributed by atoms with Crippen molar-refractivity contribution >= 4 is 23.4 Å². The Kier molecular flexibility index (Phi) is 5.32. The molecule has 100 valence electrons. The van der Waals surface area contributed by atoms with Crippen molar-refractivity contribution in [3.63, 3.8) is 0 Å². The summed E-state index contributed by atoms with van der Waals surface area (Å²) in [5, 5.41) is 0.769. The second-order valence-corrected chi connectivity index (χ2v) is 6.00. The predicted octanol–water partition coefficient (Wildman–Crippen LogP) is 4.69. The van der Waals surface area contributed by atoms with Crippen molar-refractivity contribution in [3.8, 4) is 0 Å². The lowest BCUT2D eigenvalue weighted by Gasteiger charge is -2.12. The van der Waals surface area contributed by atoms with Crippen LogP contribution < -0.4 is 5.73 Å². The van der Waals surface area contributed by atoms with Crippen LogP contribution in [0.2, 0.25) is 5.02 Å². The minimum absolute atomic E-state index is 0.0508. The summed E-state index contributed by atoms with van der Waals surface area (Å²) in [4.78, 5) is 1.16. The second-order valence-electron chi connectivity index (χ2n) is 4.47. The number of halogens is 1. The number of hydrogen-bond acceptors (Lipinski definition) is 2. The van der Waals surface area contributed by atoms with Crippen molar-refractivity contribution in [2.45, 2.75) is 24.3 Å². The van der Waals surface area contributed by atoms with Crippen LogP contribution in [0.5, 0.6) is 0 Å². The maximum absolute atomic E-state index is 6.22. The third kappa shape index (κ3) is 4.27. The van der Waals surface area contributed by atoms with Crippen LogP contribution in [0.4, 0.5) is 0 Å². The van der Waals surface area contributed by atoms with E-state index in [0.717, 1.165) is 22.1 Å². The van der Waals surface area contributed by atoms with Crippen molar-refractivity contribution in [1.29, 1.82) is 0 Å². The molecule has 0 fully saturated rings. The predicted molar refractivity (Wildman–Crippen MR) is 84.9 cm³/mol. The van der Waals surface area contributed by atoms with E-state index in [1.54, 1.807) is 11.8 Å². The van der Waals surface area contributed by atoms with Crippen LogP contribution in [0.15, 0.2) is 53.4 Å². The van der Waals surface area contributed by atoms with Crippen LogP contribution in [0, 0.1) is 0 Å². The molecule has 0 aliphatic carbocycles. The highest BCUT2D eigenvalue weighted by molar-refractivity contribution is 7.99. The van der Waals surface area contributed by atoms with E-state index in [1.807, 2.05) is 18.2 Å². The van der Waals surface area contributed by atoms with Crippen LogP contribution in [0.25, 0.3) is 0 Å². The van der Waals surface area contributed by atoms with Crippen molar-refractivity contribution in [2.24, 2.45) is 5.73 Å². The van der Waals surface area contributed by atoms with Gasteiger partial charge in [0.1, 0.15) is 0 Å². The van der Waals surface area contributed by atoms with E-state index in [4.69, 9.17) is 17.3 Å². The van der Waals surface area contributed by atoms with Crippen molar-refractivity contribution in [1.82, 2.24) is 0 Å². The van der Waals surface area contributed by atoms with Gasteiger partial charge in [-0.05, 0) is 35.7 Å². The van der Waals surface area contributed by atoms with E-state index >= 15 is 0 Å². The van der Waals surface area contributed by atoms with Gasteiger partial charge in [0.15, 0.2) is 0 Å². The van der Waals surface area contributed by atoms with Gasteiger partial charge in [-0.2, -0.15) is 0 Å². The van der Waals surface area contributed by atoms with Crippen molar-refractivity contribution in [3.05, 3.63) is 64.7 Å². The van der Waals surface area contributed by atoms with Gasteiger partial charge in [-0.3, -0.25) is 0 Å². The quantitative estimate of drug-likeness (QED) is 0.809. The topological polar surface area (TPSA) is 26.0 Å². The normalized spacial score (nSPS) is 12.4. The first kappa shape index (κ1) is 14.4. The summed E-state index contributed by atoms with van der Waals surface area (Å²) < 4.78 is 0. The average Bonchev–Trinajstić information content (AvgIpc) is 2.45. The summed E-state index contributed by atoms with van der Waals surface area (Å²) in [5.41, 5.74) is 8.75. The Bertz CT molecular complexity index is 525. The maximum Gasteiger partial charge on any atom is 0.0417 e. The minimum atomic E-state index is 0.0508. The zero-order valence-electron chi connectivity index (χ0n) is 11.0. The number of nitrogens with two attached hydrogens (primary N) is 1. The molecule has 2 aromatic carbocycles. The van der Waals surface area contributed by atoms with Gasteiger partial charge in [0.25, 0.3) is 0 Å². The molecule has 0 amide bonds.